The van der Waals surface area contributed by atoms with E-state index in [9.17, 15) is 9.18 Å². The number of amides is 1. The van der Waals surface area contributed by atoms with Crippen molar-refractivity contribution in [1.29, 1.82) is 0 Å². The van der Waals surface area contributed by atoms with Gasteiger partial charge in [0.1, 0.15) is 5.82 Å². The summed E-state index contributed by atoms with van der Waals surface area (Å²) in [6.07, 6.45) is 3.87. The summed E-state index contributed by atoms with van der Waals surface area (Å²) in [6, 6.07) is 6.42. The van der Waals surface area contributed by atoms with Crippen LogP contribution in [0.25, 0.3) is 0 Å². The number of hydrogen-bond acceptors (Lipinski definition) is 5. The summed E-state index contributed by atoms with van der Waals surface area (Å²) in [5.74, 6) is 0.226. The molecule has 0 bridgehead atoms. The Labute approximate surface area is 146 Å². The zero-order chi connectivity index (χ0) is 17.6. The molecule has 0 unspecified atom stereocenters. The highest BCUT2D eigenvalue weighted by molar-refractivity contribution is 5.93. The lowest BCUT2D eigenvalue weighted by Crippen LogP contribution is -2.47. The molecule has 2 heterocycles. The molecule has 0 radical (unpaired) electrons. The van der Waals surface area contributed by atoms with Gasteiger partial charge < -0.3 is 15.1 Å². The summed E-state index contributed by atoms with van der Waals surface area (Å²) in [5.41, 5.74) is 1.55. The molecular weight excluding hydrogens is 321 g/mol. The Kier molecular flexibility index (Phi) is 5.55. The number of halogens is 1. The van der Waals surface area contributed by atoms with Crippen LogP contribution in [0.2, 0.25) is 0 Å². The maximum absolute atomic E-state index is 12.9. The van der Waals surface area contributed by atoms with E-state index < -0.39 is 0 Å². The number of piperazine rings is 1. The van der Waals surface area contributed by atoms with Crippen LogP contribution < -0.4 is 5.32 Å². The van der Waals surface area contributed by atoms with Crippen LogP contribution in [0.15, 0.2) is 36.7 Å². The smallest absolute Gasteiger partial charge is 0.257 e. The lowest BCUT2D eigenvalue weighted by molar-refractivity contribution is 0.0663. The Balaban J connectivity index is 1.50. The lowest BCUT2D eigenvalue weighted by atomic mass is 10.1. The molecule has 1 amide bonds. The maximum Gasteiger partial charge on any atom is 0.257 e. The molecule has 0 aliphatic carbocycles. The number of carbonyl (C=O) groups is 1. The molecule has 0 atom stereocenters. The van der Waals surface area contributed by atoms with E-state index in [1.54, 1.807) is 24.5 Å². The molecule has 7 heteroatoms. The number of aromatic nitrogens is 2. The van der Waals surface area contributed by atoms with Gasteiger partial charge in [-0.3, -0.25) is 4.79 Å². The molecule has 1 fully saturated rings. The Hall–Kier alpha value is -2.54. The van der Waals surface area contributed by atoms with Crippen LogP contribution in [-0.4, -0.2) is 65.4 Å². The third kappa shape index (κ3) is 4.73. The van der Waals surface area contributed by atoms with E-state index in [1.807, 2.05) is 4.90 Å². The zero-order valence-corrected chi connectivity index (χ0v) is 14.3. The second kappa shape index (κ2) is 8.02. The third-order valence-corrected chi connectivity index (χ3v) is 4.30. The van der Waals surface area contributed by atoms with Gasteiger partial charge in [0.25, 0.3) is 5.91 Å². The zero-order valence-electron chi connectivity index (χ0n) is 14.3. The molecule has 6 nitrogen and oxygen atoms in total. The Bertz CT molecular complexity index is 696. The molecule has 1 saturated heterocycles. The molecule has 0 saturated carbocycles. The van der Waals surface area contributed by atoms with Crippen molar-refractivity contribution in [2.75, 3.05) is 45.1 Å². The number of nitrogens with zero attached hydrogens (tertiary/aromatic N) is 4. The van der Waals surface area contributed by atoms with Crippen molar-refractivity contribution in [3.05, 3.63) is 53.6 Å². The molecule has 1 aliphatic rings. The fourth-order valence-corrected chi connectivity index (χ4v) is 2.69. The van der Waals surface area contributed by atoms with Crippen molar-refractivity contribution in [2.45, 2.75) is 6.42 Å². The Morgan fingerprint density at radius 3 is 2.40 bits per heavy atom. The van der Waals surface area contributed by atoms with Gasteiger partial charge >= 0.3 is 0 Å². The van der Waals surface area contributed by atoms with Gasteiger partial charge in [0.2, 0.25) is 5.95 Å². The molecule has 132 valence electrons. The third-order valence-electron chi connectivity index (χ3n) is 4.30. The largest absolute Gasteiger partial charge is 0.354 e. The molecule has 25 heavy (non-hydrogen) atoms. The van der Waals surface area contributed by atoms with E-state index in [4.69, 9.17) is 0 Å². The summed E-state index contributed by atoms with van der Waals surface area (Å²) < 4.78 is 12.9. The first-order valence-corrected chi connectivity index (χ1v) is 8.40. The van der Waals surface area contributed by atoms with Crippen LogP contribution in [0.5, 0.6) is 0 Å². The normalized spacial score (nSPS) is 15.2. The highest BCUT2D eigenvalue weighted by Crippen LogP contribution is 2.08. The minimum Gasteiger partial charge on any atom is -0.354 e. The molecule has 1 N–H and O–H groups in total. The van der Waals surface area contributed by atoms with Gasteiger partial charge in [-0.25, -0.2) is 14.4 Å². The highest BCUT2D eigenvalue weighted by atomic mass is 19.1. The SMILES string of the molecule is CN1CCN(C(=O)c2cnc(NCCc3ccc(F)cc3)nc2)CC1. The van der Waals surface area contributed by atoms with Crippen LogP contribution in [-0.2, 0) is 6.42 Å². The molecule has 0 spiro atoms. The van der Waals surface area contributed by atoms with E-state index >= 15 is 0 Å². The van der Waals surface area contributed by atoms with E-state index in [2.05, 4.69) is 27.2 Å². The van der Waals surface area contributed by atoms with Crippen molar-refractivity contribution >= 4 is 11.9 Å². The molecule has 1 aliphatic heterocycles. The van der Waals surface area contributed by atoms with E-state index in [0.717, 1.165) is 38.2 Å². The van der Waals surface area contributed by atoms with Crippen molar-refractivity contribution in [2.24, 2.45) is 0 Å². The minimum absolute atomic E-state index is 0.0223. The number of benzene rings is 1. The van der Waals surface area contributed by atoms with Crippen LogP contribution in [0.1, 0.15) is 15.9 Å². The number of carbonyl (C=O) groups excluding carboxylic acids is 1. The molecule has 1 aromatic heterocycles. The number of nitrogens with one attached hydrogen (secondary N) is 1. The topological polar surface area (TPSA) is 61.4 Å². The molecule has 2 aromatic rings. The number of likely N-dealkylation sites (N-methyl/N-ethyl adjacent to an activating group) is 1. The number of anilines is 1. The number of hydrogen-bond donors (Lipinski definition) is 1. The van der Waals surface area contributed by atoms with E-state index in [-0.39, 0.29) is 11.7 Å². The van der Waals surface area contributed by atoms with Crippen LogP contribution in [0.3, 0.4) is 0 Å². The second-order valence-electron chi connectivity index (χ2n) is 6.19. The van der Waals surface area contributed by atoms with Gasteiger partial charge in [-0.05, 0) is 31.2 Å². The predicted octanol–water partition coefficient (Wildman–Crippen LogP) is 1.66. The first-order chi connectivity index (χ1) is 12.1. The average Bonchev–Trinajstić information content (AvgIpc) is 2.64. The fourth-order valence-electron chi connectivity index (χ4n) is 2.69. The Morgan fingerprint density at radius 2 is 1.76 bits per heavy atom. The molecule has 3 rings (SSSR count). The lowest BCUT2D eigenvalue weighted by Gasteiger charge is -2.32. The van der Waals surface area contributed by atoms with Gasteiger partial charge in [0, 0.05) is 45.1 Å². The van der Waals surface area contributed by atoms with Gasteiger partial charge in [0.15, 0.2) is 0 Å². The van der Waals surface area contributed by atoms with Crippen LogP contribution in [0.4, 0.5) is 10.3 Å². The van der Waals surface area contributed by atoms with E-state index in [0.29, 0.717) is 18.1 Å². The fraction of sp³-hybridized carbons (Fsp3) is 0.389. The first-order valence-electron chi connectivity index (χ1n) is 8.40. The average molecular weight is 343 g/mol. The molecular formula is C18H22FN5O. The van der Waals surface area contributed by atoms with Crippen molar-refractivity contribution in [1.82, 2.24) is 19.8 Å². The van der Waals surface area contributed by atoms with Gasteiger partial charge in [0.05, 0.1) is 5.56 Å². The van der Waals surface area contributed by atoms with Crippen LogP contribution in [0, 0.1) is 5.82 Å². The van der Waals surface area contributed by atoms with Crippen molar-refractivity contribution < 1.29 is 9.18 Å². The monoisotopic (exact) mass is 343 g/mol. The van der Waals surface area contributed by atoms with Gasteiger partial charge in [-0.15, -0.1) is 0 Å². The van der Waals surface area contributed by atoms with Crippen LogP contribution >= 0.6 is 0 Å². The van der Waals surface area contributed by atoms with Crippen molar-refractivity contribution in [3.63, 3.8) is 0 Å². The first kappa shape index (κ1) is 17.3. The summed E-state index contributed by atoms with van der Waals surface area (Å²) in [5, 5.41) is 3.11. The number of rotatable bonds is 5. The summed E-state index contributed by atoms with van der Waals surface area (Å²) in [6.45, 7) is 3.86. The van der Waals surface area contributed by atoms with Crippen molar-refractivity contribution in [3.8, 4) is 0 Å². The van der Waals surface area contributed by atoms with Gasteiger partial charge in [-0.1, -0.05) is 12.1 Å². The van der Waals surface area contributed by atoms with E-state index in [1.165, 1.54) is 12.1 Å². The Morgan fingerprint density at radius 1 is 1.12 bits per heavy atom. The quantitative estimate of drug-likeness (QED) is 0.895. The highest BCUT2D eigenvalue weighted by Gasteiger charge is 2.20. The molecule has 1 aromatic carbocycles. The van der Waals surface area contributed by atoms with Gasteiger partial charge in [-0.2, -0.15) is 0 Å². The standard InChI is InChI=1S/C18H22FN5O/c1-23-8-10-24(11-9-23)17(25)15-12-21-18(22-13-15)20-7-6-14-2-4-16(19)5-3-14/h2-5,12-13H,6-11H2,1H3,(H,20,21,22). The summed E-state index contributed by atoms with van der Waals surface area (Å²) in [7, 11) is 2.05. The summed E-state index contributed by atoms with van der Waals surface area (Å²) in [4.78, 5) is 24.9. The predicted molar refractivity (Wildman–Crippen MR) is 94.0 cm³/mol. The summed E-state index contributed by atoms with van der Waals surface area (Å²) >= 11 is 0. The maximum atomic E-state index is 12.9. The minimum atomic E-state index is -0.236. The second-order valence-corrected chi connectivity index (χ2v) is 6.19.